The van der Waals surface area contributed by atoms with Crippen LogP contribution < -0.4 is 10.1 Å². The standard InChI is InChI=1S/C16H22N2O/c1-13(2)19-15-5-3-14(4-6-15)7-10-18-12-16(11-17)8-9-16/h3-6,13,18H,7-10,12H2,1-2H3. The van der Waals surface area contributed by atoms with Gasteiger partial charge < -0.3 is 10.1 Å². The van der Waals surface area contributed by atoms with Crippen molar-refractivity contribution in [2.45, 2.75) is 39.2 Å². The van der Waals surface area contributed by atoms with E-state index in [0.29, 0.717) is 0 Å². The molecule has 19 heavy (non-hydrogen) atoms. The number of nitrogens with one attached hydrogen (secondary N) is 1. The predicted molar refractivity (Wildman–Crippen MR) is 76.1 cm³/mol. The Balaban J connectivity index is 1.70. The summed E-state index contributed by atoms with van der Waals surface area (Å²) in [5.41, 5.74) is 1.25. The summed E-state index contributed by atoms with van der Waals surface area (Å²) in [5.74, 6) is 0.924. The van der Waals surface area contributed by atoms with Gasteiger partial charge in [0.25, 0.3) is 0 Å². The van der Waals surface area contributed by atoms with E-state index in [9.17, 15) is 0 Å². The monoisotopic (exact) mass is 258 g/mol. The summed E-state index contributed by atoms with van der Waals surface area (Å²) in [6.45, 7) is 5.81. The molecule has 2 rings (SSSR count). The van der Waals surface area contributed by atoms with Crippen LogP contribution in [-0.4, -0.2) is 19.2 Å². The minimum absolute atomic E-state index is 0.0467. The van der Waals surface area contributed by atoms with Crippen LogP contribution in [0.2, 0.25) is 0 Å². The van der Waals surface area contributed by atoms with E-state index < -0.39 is 0 Å². The second kappa shape index (κ2) is 6.08. The van der Waals surface area contributed by atoms with E-state index in [-0.39, 0.29) is 11.5 Å². The maximum atomic E-state index is 8.97. The van der Waals surface area contributed by atoms with Gasteiger partial charge in [0.15, 0.2) is 0 Å². The molecule has 0 atom stereocenters. The number of hydrogen-bond donors (Lipinski definition) is 1. The minimum atomic E-state index is -0.0467. The van der Waals surface area contributed by atoms with Gasteiger partial charge in [0.1, 0.15) is 5.75 Å². The molecule has 1 aromatic carbocycles. The van der Waals surface area contributed by atoms with Gasteiger partial charge in [-0.2, -0.15) is 5.26 Å². The summed E-state index contributed by atoms with van der Waals surface area (Å²) < 4.78 is 5.61. The highest BCUT2D eigenvalue weighted by molar-refractivity contribution is 5.27. The fourth-order valence-electron chi connectivity index (χ4n) is 2.05. The first kappa shape index (κ1) is 13.9. The van der Waals surface area contributed by atoms with Crippen molar-refractivity contribution in [3.8, 4) is 11.8 Å². The Bertz CT molecular complexity index is 441. The Morgan fingerprint density at radius 2 is 2.00 bits per heavy atom. The van der Waals surface area contributed by atoms with Gasteiger partial charge in [0, 0.05) is 6.54 Å². The van der Waals surface area contributed by atoms with Crippen LogP contribution >= 0.6 is 0 Å². The summed E-state index contributed by atoms with van der Waals surface area (Å²) >= 11 is 0. The largest absolute Gasteiger partial charge is 0.491 e. The third kappa shape index (κ3) is 4.25. The third-order valence-corrected chi connectivity index (χ3v) is 3.44. The lowest BCUT2D eigenvalue weighted by atomic mass is 10.1. The number of nitriles is 1. The van der Waals surface area contributed by atoms with Crippen molar-refractivity contribution in [1.29, 1.82) is 5.26 Å². The van der Waals surface area contributed by atoms with Crippen LogP contribution in [0.3, 0.4) is 0 Å². The first-order valence-electron chi connectivity index (χ1n) is 7.01. The lowest BCUT2D eigenvalue weighted by molar-refractivity contribution is 0.242. The topological polar surface area (TPSA) is 45.0 Å². The highest BCUT2D eigenvalue weighted by atomic mass is 16.5. The van der Waals surface area contributed by atoms with Gasteiger partial charge in [0.2, 0.25) is 0 Å². The number of hydrogen-bond acceptors (Lipinski definition) is 3. The molecule has 0 heterocycles. The first-order chi connectivity index (χ1) is 9.13. The van der Waals surface area contributed by atoms with Gasteiger partial charge >= 0.3 is 0 Å². The number of benzene rings is 1. The summed E-state index contributed by atoms with van der Waals surface area (Å²) in [4.78, 5) is 0. The Morgan fingerprint density at radius 1 is 1.32 bits per heavy atom. The van der Waals surface area contributed by atoms with Crippen molar-refractivity contribution in [1.82, 2.24) is 5.32 Å². The maximum absolute atomic E-state index is 8.97. The highest BCUT2D eigenvalue weighted by Gasteiger charge is 2.42. The van der Waals surface area contributed by atoms with Crippen molar-refractivity contribution < 1.29 is 4.74 Å². The second-order valence-corrected chi connectivity index (χ2v) is 5.63. The molecule has 1 aliphatic rings. The van der Waals surface area contributed by atoms with Gasteiger partial charge in [-0.3, -0.25) is 0 Å². The molecule has 0 bridgehead atoms. The van der Waals surface area contributed by atoms with Gasteiger partial charge in [0.05, 0.1) is 17.6 Å². The van der Waals surface area contributed by atoms with E-state index in [1.54, 1.807) is 0 Å². The highest BCUT2D eigenvalue weighted by Crippen LogP contribution is 2.43. The van der Waals surface area contributed by atoms with Crippen LogP contribution in [0, 0.1) is 16.7 Å². The zero-order valence-electron chi connectivity index (χ0n) is 11.8. The summed E-state index contributed by atoms with van der Waals surface area (Å²) in [5, 5.41) is 12.4. The minimum Gasteiger partial charge on any atom is -0.491 e. The van der Waals surface area contributed by atoms with Gasteiger partial charge in [-0.15, -0.1) is 0 Å². The van der Waals surface area contributed by atoms with Crippen LogP contribution in [0.15, 0.2) is 24.3 Å². The molecule has 1 N–H and O–H groups in total. The van der Waals surface area contributed by atoms with E-state index in [0.717, 1.165) is 38.1 Å². The number of rotatable bonds is 7. The van der Waals surface area contributed by atoms with Gasteiger partial charge in [-0.25, -0.2) is 0 Å². The van der Waals surface area contributed by atoms with Crippen LogP contribution in [0.1, 0.15) is 32.3 Å². The predicted octanol–water partition coefficient (Wildman–Crippen LogP) is 2.91. The van der Waals surface area contributed by atoms with E-state index in [1.807, 2.05) is 26.0 Å². The van der Waals surface area contributed by atoms with Crippen LogP contribution in [-0.2, 0) is 6.42 Å². The SMILES string of the molecule is CC(C)Oc1ccc(CCNCC2(C#N)CC2)cc1. The smallest absolute Gasteiger partial charge is 0.119 e. The third-order valence-electron chi connectivity index (χ3n) is 3.44. The molecule has 0 saturated heterocycles. The van der Waals surface area contributed by atoms with Crippen molar-refractivity contribution in [3.05, 3.63) is 29.8 Å². The van der Waals surface area contributed by atoms with E-state index >= 15 is 0 Å². The molecule has 0 unspecified atom stereocenters. The molecule has 0 aromatic heterocycles. The molecule has 102 valence electrons. The molecular weight excluding hydrogens is 236 g/mol. The fourth-order valence-corrected chi connectivity index (χ4v) is 2.05. The van der Waals surface area contributed by atoms with Crippen LogP contribution in [0.5, 0.6) is 5.75 Å². The molecule has 0 spiro atoms. The van der Waals surface area contributed by atoms with E-state index in [4.69, 9.17) is 10.00 Å². The molecule has 1 fully saturated rings. The zero-order chi connectivity index (χ0) is 13.7. The molecular formula is C16H22N2O. The summed E-state index contributed by atoms with van der Waals surface area (Å²) in [6.07, 6.45) is 3.31. The summed E-state index contributed by atoms with van der Waals surface area (Å²) in [6, 6.07) is 10.7. The van der Waals surface area contributed by atoms with Crippen LogP contribution in [0.4, 0.5) is 0 Å². The van der Waals surface area contributed by atoms with E-state index in [2.05, 4.69) is 23.5 Å². The zero-order valence-corrected chi connectivity index (χ0v) is 11.8. The van der Waals surface area contributed by atoms with Crippen molar-refractivity contribution >= 4 is 0 Å². The molecule has 3 heteroatoms. The van der Waals surface area contributed by atoms with Crippen molar-refractivity contribution in [2.24, 2.45) is 5.41 Å². The lowest BCUT2D eigenvalue weighted by Gasteiger charge is -2.11. The van der Waals surface area contributed by atoms with Crippen LogP contribution in [0.25, 0.3) is 0 Å². The first-order valence-corrected chi connectivity index (χ1v) is 7.01. The molecule has 0 radical (unpaired) electrons. The fraction of sp³-hybridized carbons (Fsp3) is 0.562. The van der Waals surface area contributed by atoms with Gasteiger partial charge in [-0.1, -0.05) is 12.1 Å². The average Bonchev–Trinajstić information content (AvgIpc) is 3.17. The van der Waals surface area contributed by atoms with E-state index in [1.165, 1.54) is 5.56 Å². The Morgan fingerprint density at radius 3 is 2.53 bits per heavy atom. The molecule has 1 aromatic rings. The molecule has 3 nitrogen and oxygen atoms in total. The van der Waals surface area contributed by atoms with Crippen molar-refractivity contribution in [3.63, 3.8) is 0 Å². The Kier molecular flexibility index (Phi) is 4.44. The normalized spacial score (nSPS) is 16.1. The number of nitrogens with zero attached hydrogens (tertiary/aromatic N) is 1. The van der Waals surface area contributed by atoms with Gasteiger partial charge in [-0.05, 0) is 57.4 Å². The second-order valence-electron chi connectivity index (χ2n) is 5.63. The maximum Gasteiger partial charge on any atom is 0.119 e. The molecule has 1 saturated carbocycles. The average molecular weight is 258 g/mol. The lowest BCUT2D eigenvalue weighted by Crippen LogP contribution is -2.25. The quantitative estimate of drug-likeness (QED) is 0.765. The molecule has 0 aliphatic heterocycles. The molecule has 0 amide bonds. The molecule has 1 aliphatic carbocycles. The Hall–Kier alpha value is -1.53. The van der Waals surface area contributed by atoms with Crippen molar-refractivity contribution in [2.75, 3.05) is 13.1 Å². The summed E-state index contributed by atoms with van der Waals surface area (Å²) in [7, 11) is 0. The number of ether oxygens (including phenoxy) is 1. The Labute approximate surface area is 115 Å².